The molecule has 0 radical (unpaired) electrons. The maximum absolute atomic E-state index is 13.5. The van der Waals surface area contributed by atoms with Crippen molar-refractivity contribution in [3.05, 3.63) is 113 Å². The lowest BCUT2D eigenvalue weighted by Gasteiger charge is -2.20. The quantitative estimate of drug-likeness (QED) is 0.256. The van der Waals surface area contributed by atoms with Gasteiger partial charge in [0.25, 0.3) is 11.3 Å². The van der Waals surface area contributed by atoms with Crippen LogP contribution >= 0.6 is 0 Å². The summed E-state index contributed by atoms with van der Waals surface area (Å²) in [6.07, 6.45) is -5.55. The number of rotatable bonds is 11. The third-order valence-electron chi connectivity index (χ3n) is 6.36. The van der Waals surface area contributed by atoms with Crippen molar-refractivity contribution in [2.45, 2.75) is 31.8 Å². The molecule has 4 rings (SSSR count). The van der Waals surface area contributed by atoms with Gasteiger partial charge < -0.3 is 14.8 Å². The minimum absolute atomic E-state index is 0.0298. The Balaban J connectivity index is 1.61. The number of carbonyl (C=O) groups excluding carboxylic acids is 3. The number of nitrogens with one attached hydrogen (secondary N) is 2. The zero-order chi connectivity index (χ0) is 31.7. The molecule has 0 fully saturated rings. The SMILES string of the molecule is COc1ccc(-c2ncc(NC(=O)OCc3ccccc3)c(=O)n2CC(=O)NC(Cc2ccccc2)C(=O)C(F)(F)F)cc1. The highest BCUT2D eigenvalue weighted by molar-refractivity contribution is 5.93. The Hall–Kier alpha value is -5.46. The molecule has 44 heavy (non-hydrogen) atoms. The van der Waals surface area contributed by atoms with Crippen LogP contribution in [0.15, 0.2) is 95.9 Å². The van der Waals surface area contributed by atoms with Crippen molar-refractivity contribution < 1.29 is 37.0 Å². The second kappa shape index (κ2) is 14.1. The first-order chi connectivity index (χ1) is 21.0. The third-order valence-corrected chi connectivity index (χ3v) is 6.36. The summed E-state index contributed by atoms with van der Waals surface area (Å²) in [5, 5.41) is 4.41. The van der Waals surface area contributed by atoms with Gasteiger partial charge in [-0.15, -0.1) is 0 Å². The van der Waals surface area contributed by atoms with Gasteiger partial charge in [0.1, 0.15) is 36.5 Å². The van der Waals surface area contributed by atoms with Gasteiger partial charge in [0.2, 0.25) is 5.91 Å². The van der Waals surface area contributed by atoms with E-state index in [0.29, 0.717) is 22.4 Å². The predicted molar refractivity (Wildman–Crippen MR) is 154 cm³/mol. The molecule has 1 aromatic heterocycles. The summed E-state index contributed by atoms with van der Waals surface area (Å²) < 4.78 is 51.4. The Labute approximate surface area is 249 Å². The topological polar surface area (TPSA) is 129 Å². The molecule has 1 heterocycles. The summed E-state index contributed by atoms with van der Waals surface area (Å²) in [5.41, 5.74) is 0.206. The number of alkyl halides is 3. The molecule has 0 saturated carbocycles. The van der Waals surface area contributed by atoms with Crippen molar-refractivity contribution in [1.82, 2.24) is 14.9 Å². The summed E-state index contributed by atoms with van der Waals surface area (Å²) in [5.74, 6) is -2.75. The first kappa shape index (κ1) is 31.5. The number of Topliss-reactive ketones (excluding diaryl/α,β-unsaturated/α-hetero) is 1. The normalized spacial score (nSPS) is 11.7. The first-order valence-electron chi connectivity index (χ1n) is 13.2. The molecule has 3 aromatic carbocycles. The van der Waals surface area contributed by atoms with Crippen LogP contribution in [0.3, 0.4) is 0 Å². The van der Waals surface area contributed by atoms with Crippen molar-refractivity contribution in [1.29, 1.82) is 0 Å². The fraction of sp³-hybridized carbons (Fsp3) is 0.194. The molecule has 13 heteroatoms. The van der Waals surface area contributed by atoms with Crippen molar-refractivity contribution in [3.63, 3.8) is 0 Å². The molecule has 0 saturated heterocycles. The molecule has 10 nitrogen and oxygen atoms in total. The van der Waals surface area contributed by atoms with E-state index in [0.717, 1.165) is 10.8 Å². The van der Waals surface area contributed by atoms with Crippen LogP contribution < -0.4 is 20.9 Å². The molecule has 1 atom stereocenters. The fourth-order valence-corrected chi connectivity index (χ4v) is 4.20. The second-order valence-electron chi connectivity index (χ2n) is 9.47. The lowest BCUT2D eigenvalue weighted by Crippen LogP contribution is -2.49. The van der Waals surface area contributed by atoms with Gasteiger partial charge in [0, 0.05) is 12.0 Å². The summed E-state index contributed by atoms with van der Waals surface area (Å²) in [6, 6.07) is 21.0. The highest BCUT2D eigenvalue weighted by atomic mass is 19.4. The number of carbonyl (C=O) groups is 3. The van der Waals surface area contributed by atoms with Gasteiger partial charge >= 0.3 is 12.3 Å². The Bertz CT molecular complexity index is 1660. The van der Waals surface area contributed by atoms with E-state index < -0.39 is 48.5 Å². The number of anilines is 1. The molecular weight excluding hydrogens is 581 g/mol. The zero-order valence-electron chi connectivity index (χ0n) is 23.3. The number of benzene rings is 3. The van der Waals surface area contributed by atoms with E-state index in [-0.39, 0.29) is 18.1 Å². The summed E-state index contributed by atoms with van der Waals surface area (Å²) >= 11 is 0. The summed E-state index contributed by atoms with van der Waals surface area (Å²) in [7, 11) is 1.46. The van der Waals surface area contributed by atoms with Crippen molar-refractivity contribution in [2.24, 2.45) is 0 Å². The lowest BCUT2D eigenvalue weighted by molar-refractivity contribution is -0.173. The molecule has 0 aliphatic rings. The monoisotopic (exact) mass is 608 g/mol. The minimum atomic E-state index is -5.22. The van der Waals surface area contributed by atoms with Crippen LogP contribution in [-0.2, 0) is 33.9 Å². The first-order valence-corrected chi connectivity index (χ1v) is 13.2. The molecule has 1 unspecified atom stereocenters. The van der Waals surface area contributed by atoms with E-state index >= 15 is 0 Å². The van der Waals surface area contributed by atoms with Crippen molar-refractivity contribution in [3.8, 4) is 17.1 Å². The van der Waals surface area contributed by atoms with E-state index in [9.17, 15) is 32.3 Å². The highest BCUT2D eigenvalue weighted by Gasteiger charge is 2.44. The molecule has 0 aliphatic heterocycles. The largest absolute Gasteiger partial charge is 0.497 e. The standard InChI is InChI=1S/C31H27F3N4O6/c1-43-23-14-12-22(13-15-23)28-35-17-25(37-30(42)44-19-21-10-6-3-7-11-21)29(41)38(28)18-26(39)36-24(27(40)31(32,33)34)16-20-8-4-2-5-9-20/h2-15,17,24H,16,18-19H2,1H3,(H,36,39)(H,37,42). The Morgan fingerprint density at radius 1 is 0.909 bits per heavy atom. The van der Waals surface area contributed by atoms with Crippen LogP contribution in [-0.4, -0.2) is 46.7 Å². The van der Waals surface area contributed by atoms with Gasteiger partial charge in [-0.1, -0.05) is 60.7 Å². The zero-order valence-corrected chi connectivity index (χ0v) is 23.3. The number of amides is 2. The number of nitrogens with zero attached hydrogens (tertiary/aromatic N) is 2. The number of hydrogen-bond donors (Lipinski definition) is 2. The highest BCUT2D eigenvalue weighted by Crippen LogP contribution is 2.22. The molecular formula is C31H27F3N4O6. The predicted octanol–water partition coefficient (Wildman–Crippen LogP) is 4.53. The Morgan fingerprint density at radius 3 is 2.11 bits per heavy atom. The molecule has 2 amide bonds. The maximum atomic E-state index is 13.5. The minimum Gasteiger partial charge on any atom is -0.497 e. The van der Waals surface area contributed by atoms with E-state index in [1.807, 2.05) is 0 Å². The van der Waals surface area contributed by atoms with Gasteiger partial charge in [-0.05, 0) is 35.4 Å². The van der Waals surface area contributed by atoms with Crippen LogP contribution in [0.5, 0.6) is 5.75 Å². The Morgan fingerprint density at radius 2 is 1.52 bits per heavy atom. The number of aromatic nitrogens is 2. The fourth-order valence-electron chi connectivity index (χ4n) is 4.20. The van der Waals surface area contributed by atoms with Gasteiger partial charge in [-0.2, -0.15) is 13.2 Å². The van der Waals surface area contributed by atoms with E-state index in [1.165, 1.54) is 19.2 Å². The Kier molecular flexibility index (Phi) is 10.1. The summed E-state index contributed by atoms with van der Waals surface area (Å²) in [6.45, 7) is -0.908. The lowest BCUT2D eigenvalue weighted by atomic mass is 10.0. The average molecular weight is 609 g/mol. The number of halogens is 3. The van der Waals surface area contributed by atoms with Gasteiger partial charge in [0.15, 0.2) is 0 Å². The van der Waals surface area contributed by atoms with Crippen LogP contribution in [0, 0.1) is 0 Å². The van der Waals surface area contributed by atoms with Crippen LogP contribution in [0.25, 0.3) is 11.4 Å². The average Bonchev–Trinajstić information content (AvgIpc) is 3.02. The number of methoxy groups -OCH3 is 1. The molecule has 4 aromatic rings. The molecule has 0 bridgehead atoms. The van der Waals surface area contributed by atoms with Gasteiger partial charge in [-0.25, -0.2) is 9.78 Å². The number of hydrogen-bond acceptors (Lipinski definition) is 7. The van der Waals surface area contributed by atoms with E-state index in [1.54, 1.807) is 72.8 Å². The van der Waals surface area contributed by atoms with Crippen LogP contribution in [0.2, 0.25) is 0 Å². The number of ether oxygens (including phenoxy) is 2. The number of ketones is 1. The van der Waals surface area contributed by atoms with Gasteiger partial charge in [-0.3, -0.25) is 24.3 Å². The smallest absolute Gasteiger partial charge is 0.452 e. The molecule has 0 aliphatic carbocycles. The van der Waals surface area contributed by atoms with Crippen molar-refractivity contribution >= 4 is 23.5 Å². The molecule has 2 N–H and O–H groups in total. The second-order valence-corrected chi connectivity index (χ2v) is 9.47. The van der Waals surface area contributed by atoms with Crippen LogP contribution in [0.4, 0.5) is 23.7 Å². The molecule has 0 spiro atoms. The van der Waals surface area contributed by atoms with Crippen LogP contribution in [0.1, 0.15) is 11.1 Å². The summed E-state index contributed by atoms with van der Waals surface area (Å²) in [4.78, 5) is 55.5. The third kappa shape index (κ3) is 8.31. The van der Waals surface area contributed by atoms with Gasteiger partial charge in [0.05, 0.1) is 13.3 Å². The van der Waals surface area contributed by atoms with E-state index in [2.05, 4.69) is 15.6 Å². The van der Waals surface area contributed by atoms with Crippen molar-refractivity contribution in [2.75, 3.05) is 12.4 Å². The maximum Gasteiger partial charge on any atom is 0.452 e. The van der Waals surface area contributed by atoms with E-state index in [4.69, 9.17) is 9.47 Å². The molecule has 228 valence electrons.